The van der Waals surface area contributed by atoms with Crippen molar-refractivity contribution < 1.29 is 31.1 Å². The number of nitrogen functional groups attached to an aromatic ring is 1. The topological polar surface area (TPSA) is 43.1 Å². The van der Waals surface area contributed by atoms with Gasteiger partial charge in [0, 0.05) is 5.56 Å². The van der Waals surface area contributed by atoms with Gasteiger partial charge < -0.3 is 5.73 Å². The van der Waals surface area contributed by atoms with Crippen molar-refractivity contribution in [2.45, 2.75) is 12.4 Å². The first kappa shape index (κ1) is 13.3. The van der Waals surface area contributed by atoms with Gasteiger partial charge in [-0.3, -0.25) is 4.79 Å². The highest BCUT2D eigenvalue weighted by Gasteiger charge is 2.38. The maximum Gasteiger partial charge on any atom is 0.418 e. The fraction of sp³-hybridized carbons (Fsp3) is 0.222. The molecule has 2 N–H and O–H groups in total. The standard InChI is InChI=1S/C9H5F6NO/c10-8(11,12)5-1-4(3-17)7(16)6(2-5)9(13,14)15/h1-3H,16H2. The van der Waals surface area contributed by atoms with Crippen LogP contribution in [0.25, 0.3) is 0 Å². The Kier molecular flexibility index (Phi) is 3.09. The van der Waals surface area contributed by atoms with Gasteiger partial charge in [0.15, 0.2) is 6.29 Å². The zero-order valence-electron chi connectivity index (χ0n) is 7.99. The molecule has 2 nitrogen and oxygen atoms in total. The van der Waals surface area contributed by atoms with Gasteiger partial charge in [-0.05, 0) is 12.1 Å². The molecule has 0 aliphatic carbocycles. The van der Waals surface area contributed by atoms with Crippen molar-refractivity contribution in [3.05, 3.63) is 28.8 Å². The van der Waals surface area contributed by atoms with E-state index in [-0.39, 0.29) is 18.4 Å². The molecular formula is C9H5F6NO. The summed E-state index contributed by atoms with van der Waals surface area (Å²) < 4.78 is 73.9. The van der Waals surface area contributed by atoms with E-state index in [1.165, 1.54) is 0 Å². The van der Waals surface area contributed by atoms with Crippen LogP contribution in [0.1, 0.15) is 21.5 Å². The van der Waals surface area contributed by atoms with Crippen LogP contribution >= 0.6 is 0 Å². The average molecular weight is 257 g/mol. The zero-order valence-corrected chi connectivity index (χ0v) is 7.99. The van der Waals surface area contributed by atoms with Gasteiger partial charge in [-0.1, -0.05) is 0 Å². The van der Waals surface area contributed by atoms with Crippen LogP contribution < -0.4 is 5.73 Å². The molecule has 0 saturated heterocycles. The third-order valence-corrected chi connectivity index (χ3v) is 1.97. The van der Waals surface area contributed by atoms with Crippen molar-refractivity contribution in [2.75, 3.05) is 5.73 Å². The van der Waals surface area contributed by atoms with E-state index in [1.54, 1.807) is 0 Å². The number of rotatable bonds is 1. The number of carbonyl (C=O) groups is 1. The Balaban J connectivity index is 3.56. The quantitative estimate of drug-likeness (QED) is 0.477. The summed E-state index contributed by atoms with van der Waals surface area (Å²) in [6, 6.07) is 0.153. The van der Waals surface area contributed by atoms with Crippen LogP contribution in [0.2, 0.25) is 0 Å². The second-order valence-corrected chi connectivity index (χ2v) is 3.14. The Bertz CT molecular complexity index is 448. The minimum Gasteiger partial charge on any atom is -0.398 e. The first-order valence-corrected chi connectivity index (χ1v) is 4.10. The van der Waals surface area contributed by atoms with Gasteiger partial charge in [0.05, 0.1) is 16.8 Å². The van der Waals surface area contributed by atoms with E-state index in [9.17, 15) is 31.1 Å². The molecule has 0 aliphatic rings. The number of carbonyl (C=O) groups excluding carboxylic acids is 1. The lowest BCUT2D eigenvalue weighted by atomic mass is 10.0. The highest BCUT2D eigenvalue weighted by atomic mass is 19.4. The second-order valence-electron chi connectivity index (χ2n) is 3.14. The van der Waals surface area contributed by atoms with Crippen LogP contribution in [0, 0.1) is 0 Å². The summed E-state index contributed by atoms with van der Waals surface area (Å²) in [6.07, 6.45) is -10.2. The first-order valence-electron chi connectivity index (χ1n) is 4.10. The Morgan fingerprint density at radius 1 is 1.00 bits per heavy atom. The van der Waals surface area contributed by atoms with Crippen LogP contribution in [-0.4, -0.2) is 6.29 Å². The van der Waals surface area contributed by atoms with Crippen molar-refractivity contribution in [2.24, 2.45) is 0 Å². The number of nitrogens with two attached hydrogens (primary N) is 1. The Labute approximate surface area is 91.0 Å². The van der Waals surface area contributed by atoms with E-state index in [0.717, 1.165) is 0 Å². The predicted molar refractivity (Wildman–Crippen MR) is 46.2 cm³/mol. The maximum atomic E-state index is 12.4. The van der Waals surface area contributed by atoms with E-state index in [1.807, 2.05) is 0 Å². The fourth-order valence-electron chi connectivity index (χ4n) is 1.17. The minimum atomic E-state index is -5.05. The summed E-state index contributed by atoms with van der Waals surface area (Å²) >= 11 is 0. The lowest BCUT2D eigenvalue weighted by Gasteiger charge is -2.15. The number of benzene rings is 1. The van der Waals surface area contributed by atoms with E-state index in [4.69, 9.17) is 5.73 Å². The van der Waals surface area contributed by atoms with Gasteiger partial charge in [-0.25, -0.2) is 0 Å². The van der Waals surface area contributed by atoms with Crippen LogP contribution in [-0.2, 0) is 12.4 Å². The van der Waals surface area contributed by atoms with Crippen molar-refractivity contribution >= 4 is 12.0 Å². The minimum absolute atomic E-state index is 0.123. The smallest absolute Gasteiger partial charge is 0.398 e. The predicted octanol–water partition coefficient (Wildman–Crippen LogP) is 3.12. The molecule has 0 spiro atoms. The van der Waals surface area contributed by atoms with Gasteiger partial charge >= 0.3 is 12.4 Å². The molecule has 17 heavy (non-hydrogen) atoms. The van der Waals surface area contributed by atoms with Crippen LogP contribution in [0.3, 0.4) is 0 Å². The number of alkyl halides is 6. The SMILES string of the molecule is Nc1c(C=O)cc(C(F)(F)F)cc1C(F)(F)F. The number of anilines is 1. The Morgan fingerprint density at radius 3 is 1.88 bits per heavy atom. The van der Waals surface area contributed by atoms with E-state index in [2.05, 4.69) is 0 Å². The van der Waals surface area contributed by atoms with Crippen molar-refractivity contribution in [1.29, 1.82) is 0 Å². The molecule has 0 aromatic heterocycles. The van der Waals surface area contributed by atoms with Gasteiger partial charge in [-0.2, -0.15) is 26.3 Å². The normalized spacial score (nSPS) is 12.6. The molecule has 0 saturated carbocycles. The molecule has 1 aromatic carbocycles. The third-order valence-electron chi connectivity index (χ3n) is 1.97. The number of hydrogen-bond donors (Lipinski definition) is 1. The number of aldehydes is 1. The monoisotopic (exact) mass is 257 g/mol. The van der Waals surface area contributed by atoms with Gasteiger partial charge in [0.25, 0.3) is 0 Å². The number of halogens is 6. The average Bonchev–Trinajstić information content (AvgIpc) is 2.14. The molecule has 1 rings (SSSR count). The van der Waals surface area contributed by atoms with E-state index >= 15 is 0 Å². The molecule has 8 heteroatoms. The molecule has 0 amide bonds. The molecule has 0 fully saturated rings. The summed E-state index contributed by atoms with van der Waals surface area (Å²) in [5, 5.41) is 0. The third kappa shape index (κ3) is 2.69. The summed E-state index contributed by atoms with van der Waals surface area (Å²) in [4.78, 5) is 10.4. The van der Waals surface area contributed by atoms with Gasteiger partial charge in [0.1, 0.15) is 0 Å². The summed E-state index contributed by atoms with van der Waals surface area (Å²) in [5.74, 6) is 0. The maximum absolute atomic E-state index is 12.4. The highest BCUT2D eigenvalue weighted by molar-refractivity contribution is 5.85. The summed E-state index contributed by atoms with van der Waals surface area (Å²) in [6.45, 7) is 0. The van der Waals surface area contributed by atoms with Crippen molar-refractivity contribution in [3.8, 4) is 0 Å². The molecule has 0 heterocycles. The molecular weight excluding hydrogens is 252 g/mol. The molecule has 1 aromatic rings. The summed E-state index contributed by atoms with van der Waals surface area (Å²) in [7, 11) is 0. The van der Waals surface area contributed by atoms with Gasteiger partial charge in [0.2, 0.25) is 0 Å². The molecule has 94 valence electrons. The molecule has 0 atom stereocenters. The second kappa shape index (κ2) is 3.94. The Morgan fingerprint density at radius 2 is 1.53 bits per heavy atom. The van der Waals surface area contributed by atoms with Gasteiger partial charge in [-0.15, -0.1) is 0 Å². The number of hydrogen-bond acceptors (Lipinski definition) is 2. The highest BCUT2D eigenvalue weighted by Crippen LogP contribution is 2.39. The first-order chi connectivity index (χ1) is 7.57. The lowest BCUT2D eigenvalue weighted by molar-refractivity contribution is -0.142. The fourth-order valence-corrected chi connectivity index (χ4v) is 1.17. The molecule has 0 radical (unpaired) electrons. The largest absolute Gasteiger partial charge is 0.418 e. The molecule has 0 unspecified atom stereocenters. The lowest BCUT2D eigenvalue weighted by Crippen LogP contribution is -2.15. The van der Waals surface area contributed by atoms with Crippen molar-refractivity contribution in [3.63, 3.8) is 0 Å². The van der Waals surface area contributed by atoms with E-state index < -0.39 is 34.7 Å². The van der Waals surface area contributed by atoms with E-state index in [0.29, 0.717) is 0 Å². The van der Waals surface area contributed by atoms with Crippen LogP contribution in [0.4, 0.5) is 32.0 Å². The van der Waals surface area contributed by atoms with Crippen LogP contribution in [0.15, 0.2) is 12.1 Å². The van der Waals surface area contributed by atoms with Crippen LogP contribution in [0.5, 0.6) is 0 Å². The Hall–Kier alpha value is -1.73. The summed E-state index contributed by atoms with van der Waals surface area (Å²) in [5.41, 5.74) is -0.121. The molecule has 0 aliphatic heterocycles. The molecule has 0 bridgehead atoms. The zero-order chi connectivity index (χ0) is 13.4. The van der Waals surface area contributed by atoms with Crippen molar-refractivity contribution in [1.82, 2.24) is 0 Å².